The lowest BCUT2D eigenvalue weighted by Crippen LogP contribution is -2.41. The van der Waals surface area contributed by atoms with E-state index in [1.807, 2.05) is 6.07 Å². The monoisotopic (exact) mass is 249 g/mol. The van der Waals surface area contributed by atoms with Gasteiger partial charge in [-0.1, -0.05) is 17.7 Å². The summed E-state index contributed by atoms with van der Waals surface area (Å²) < 4.78 is 0. The number of urea groups is 1. The molecular weight excluding hydrogens is 238 g/mol. The van der Waals surface area contributed by atoms with Gasteiger partial charge in [0.25, 0.3) is 0 Å². The molecule has 1 N–H and O–H groups in total. The van der Waals surface area contributed by atoms with Crippen LogP contribution >= 0.6 is 11.6 Å². The molecule has 1 aliphatic carbocycles. The minimum absolute atomic E-state index is 0.0128. The van der Waals surface area contributed by atoms with Gasteiger partial charge in [0.1, 0.15) is 6.54 Å². The molecule has 5 heteroatoms. The molecule has 0 atom stereocenters. The molecule has 0 bridgehead atoms. The van der Waals surface area contributed by atoms with Crippen LogP contribution in [0.1, 0.15) is 12.8 Å². The first-order chi connectivity index (χ1) is 8.20. The summed E-state index contributed by atoms with van der Waals surface area (Å²) in [5.41, 5.74) is 0.636. The summed E-state index contributed by atoms with van der Waals surface area (Å²) in [6, 6.07) is 8.93. The van der Waals surface area contributed by atoms with E-state index in [-0.39, 0.29) is 18.6 Å². The predicted molar refractivity (Wildman–Crippen MR) is 66.0 cm³/mol. The van der Waals surface area contributed by atoms with Crippen LogP contribution in [0.5, 0.6) is 0 Å². The number of hydrogen-bond donors (Lipinski definition) is 1. The Morgan fingerprint density at radius 3 is 2.94 bits per heavy atom. The van der Waals surface area contributed by atoms with E-state index in [9.17, 15) is 4.79 Å². The second-order valence-corrected chi connectivity index (χ2v) is 4.38. The van der Waals surface area contributed by atoms with E-state index in [4.69, 9.17) is 16.9 Å². The summed E-state index contributed by atoms with van der Waals surface area (Å²) in [6.07, 6.45) is 2.03. The summed E-state index contributed by atoms with van der Waals surface area (Å²) in [5, 5.41) is 12.2. The number of nitrogens with zero attached hydrogens (tertiary/aromatic N) is 2. The van der Waals surface area contributed by atoms with Gasteiger partial charge in [-0.05, 0) is 31.0 Å². The van der Waals surface area contributed by atoms with Crippen LogP contribution in [-0.2, 0) is 0 Å². The summed E-state index contributed by atoms with van der Waals surface area (Å²) in [4.78, 5) is 13.3. The molecule has 4 nitrogen and oxygen atoms in total. The average Bonchev–Trinajstić information content (AvgIpc) is 3.09. The Kier molecular flexibility index (Phi) is 3.50. The van der Waals surface area contributed by atoms with Crippen LogP contribution in [0.2, 0.25) is 5.02 Å². The van der Waals surface area contributed by atoms with Crippen molar-refractivity contribution in [3.8, 4) is 6.07 Å². The summed E-state index contributed by atoms with van der Waals surface area (Å²) in [5.74, 6) is 0. The maximum absolute atomic E-state index is 11.9. The molecule has 17 heavy (non-hydrogen) atoms. The lowest BCUT2D eigenvalue weighted by molar-refractivity contribution is 0.246. The number of rotatable bonds is 3. The van der Waals surface area contributed by atoms with Crippen molar-refractivity contribution in [1.29, 1.82) is 5.26 Å². The Labute approximate surface area is 105 Å². The fourth-order valence-electron chi connectivity index (χ4n) is 1.48. The fraction of sp³-hybridized carbons (Fsp3) is 0.333. The Balaban J connectivity index is 2.15. The lowest BCUT2D eigenvalue weighted by Gasteiger charge is -2.20. The minimum atomic E-state index is -0.240. The van der Waals surface area contributed by atoms with Crippen molar-refractivity contribution in [2.24, 2.45) is 0 Å². The third-order valence-electron chi connectivity index (χ3n) is 2.50. The van der Waals surface area contributed by atoms with Crippen molar-refractivity contribution in [2.75, 3.05) is 11.4 Å². The number of nitriles is 1. The minimum Gasteiger partial charge on any atom is -0.335 e. The van der Waals surface area contributed by atoms with E-state index in [0.29, 0.717) is 10.7 Å². The molecule has 2 rings (SSSR count). The number of carbonyl (C=O) groups excluding carboxylic acids is 1. The molecule has 0 aromatic heterocycles. The molecular formula is C12H12ClN3O. The van der Waals surface area contributed by atoms with Crippen LogP contribution in [0.3, 0.4) is 0 Å². The first kappa shape index (κ1) is 11.7. The molecule has 2 amide bonds. The highest BCUT2D eigenvalue weighted by molar-refractivity contribution is 6.30. The van der Waals surface area contributed by atoms with Crippen molar-refractivity contribution in [2.45, 2.75) is 18.9 Å². The number of anilines is 1. The van der Waals surface area contributed by atoms with Crippen LogP contribution in [0.25, 0.3) is 0 Å². The van der Waals surface area contributed by atoms with Gasteiger partial charge >= 0.3 is 6.03 Å². The van der Waals surface area contributed by atoms with Crippen molar-refractivity contribution in [1.82, 2.24) is 5.32 Å². The molecule has 0 unspecified atom stereocenters. The van der Waals surface area contributed by atoms with Crippen molar-refractivity contribution in [3.05, 3.63) is 29.3 Å². The van der Waals surface area contributed by atoms with E-state index < -0.39 is 0 Å². The zero-order valence-corrected chi connectivity index (χ0v) is 9.94. The van der Waals surface area contributed by atoms with Gasteiger partial charge in [0.15, 0.2) is 0 Å². The van der Waals surface area contributed by atoms with E-state index in [1.54, 1.807) is 24.3 Å². The van der Waals surface area contributed by atoms with Crippen LogP contribution in [0.15, 0.2) is 24.3 Å². The average molecular weight is 250 g/mol. The number of hydrogen-bond acceptors (Lipinski definition) is 2. The van der Waals surface area contributed by atoms with Gasteiger partial charge < -0.3 is 5.32 Å². The highest BCUT2D eigenvalue weighted by Crippen LogP contribution is 2.22. The molecule has 88 valence electrons. The molecule has 1 aromatic carbocycles. The van der Waals surface area contributed by atoms with E-state index in [1.165, 1.54) is 4.90 Å². The third kappa shape index (κ3) is 3.11. The molecule has 1 fully saturated rings. The predicted octanol–water partition coefficient (Wildman–Crippen LogP) is 2.54. The summed E-state index contributed by atoms with van der Waals surface area (Å²) in [7, 11) is 0. The van der Waals surface area contributed by atoms with Gasteiger partial charge in [0.05, 0.1) is 6.07 Å². The molecule has 0 aliphatic heterocycles. The SMILES string of the molecule is N#CCN(C(=O)NC1CC1)c1cccc(Cl)c1. The van der Waals surface area contributed by atoms with Gasteiger partial charge in [-0.2, -0.15) is 5.26 Å². The standard InChI is InChI=1S/C12H12ClN3O/c13-9-2-1-3-11(8-9)16(7-6-14)12(17)15-10-4-5-10/h1-3,8,10H,4-5,7H2,(H,15,17). The highest BCUT2D eigenvalue weighted by Gasteiger charge is 2.26. The number of amides is 2. The van der Waals surface area contributed by atoms with Gasteiger partial charge in [0, 0.05) is 16.8 Å². The topological polar surface area (TPSA) is 56.1 Å². The van der Waals surface area contributed by atoms with Crippen LogP contribution in [0.4, 0.5) is 10.5 Å². The van der Waals surface area contributed by atoms with Crippen LogP contribution in [0, 0.1) is 11.3 Å². The second kappa shape index (κ2) is 5.07. The Hall–Kier alpha value is -1.73. The lowest BCUT2D eigenvalue weighted by atomic mass is 10.3. The second-order valence-electron chi connectivity index (χ2n) is 3.95. The Morgan fingerprint density at radius 2 is 2.35 bits per heavy atom. The number of carbonyl (C=O) groups is 1. The first-order valence-corrected chi connectivity index (χ1v) is 5.79. The zero-order chi connectivity index (χ0) is 12.3. The zero-order valence-electron chi connectivity index (χ0n) is 9.19. The van der Waals surface area contributed by atoms with Gasteiger partial charge in [-0.15, -0.1) is 0 Å². The van der Waals surface area contributed by atoms with E-state index in [2.05, 4.69) is 5.32 Å². The smallest absolute Gasteiger partial charge is 0.323 e. The highest BCUT2D eigenvalue weighted by atomic mass is 35.5. The van der Waals surface area contributed by atoms with Crippen molar-refractivity contribution in [3.63, 3.8) is 0 Å². The fourth-order valence-corrected chi connectivity index (χ4v) is 1.66. The number of benzene rings is 1. The quantitative estimate of drug-likeness (QED) is 0.837. The maximum atomic E-state index is 11.9. The van der Waals surface area contributed by atoms with Crippen LogP contribution in [-0.4, -0.2) is 18.6 Å². The van der Waals surface area contributed by atoms with Gasteiger partial charge in [0.2, 0.25) is 0 Å². The van der Waals surface area contributed by atoms with Gasteiger partial charge in [-0.25, -0.2) is 4.79 Å². The number of halogens is 1. The maximum Gasteiger partial charge on any atom is 0.323 e. The molecule has 0 spiro atoms. The molecule has 0 radical (unpaired) electrons. The largest absolute Gasteiger partial charge is 0.335 e. The summed E-state index contributed by atoms with van der Waals surface area (Å²) >= 11 is 5.87. The summed E-state index contributed by atoms with van der Waals surface area (Å²) in [6.45, 7) is 0.0128. The normalized spacial score (nSPS) is 13.9. The number of nitrogens with one attached hydrogen (secondary N) is 1. The molecule has 1 aliphatic rings. The van der Waals surface area contributed by atoms with Crippen LogP contribution < -0.4 is 10.2 Å². The molecule has 1 saturated carbocycles. The van der Waals surface area contributed by atoms with Crippen molar-refractivity contribution < 1.29 is 4.79 Å². The molecule has 1 aromatic rings. The first-order valence-electron chi connectivity index (χ1n) is 5.41. The van der Waals surface area contributed by atoms with E-state index in [0.717, 1.165) is 12.8 Å². The molecule has 0 saturated heterocycles. The molecule has 0 heterocycles. The van der Waals surface area contributed by atoms with Crippen molar-refractivity contribution >= 4 is 23.3 Å². The van der Waals surface area contributed by atoms with Gasteiger partial charge in [-0.3, -0.25) is 4.90 Å². The Bertz CT molecular complexity index is 465. The Morgan fingerprint density at radius 1 is 1.59 bits per heavy atom. The van der Waals surface area contributed by atoms with E-state index >= 15 is 0 Å². The third-order valence-corrected chi connectivity index (χ3v) is 2.73.